The largest absolute Gasteiger partial charge is 0.504 e. The Bertz CT molecular complexity index is 600. The van der Waals surface area contributed by atoms with E-state index >= 15 is 0 Å². The number of aromatic hydroxyl groups is 1. The van der Waals surface area contributed by atoms with Crippen molar-refractivity contribution in [1.29, 1.82) is 0 Å². The van der Waals surface area contributed by atoms with Gasteiger partial charge in [-0.15, -0.1) is 0 Å². The molecular weight excluding hydrogens is 309 g/mol. The second kappa shape index (κ2) is 5.85. The van der Waals surface area contributed by atoms with E-state index in [0.29, 0.717) is 5.47 Å². The summed E-state index contributed by atoms with van der Waals surface area (Å²) in [6.07, 6.45) is 1.42. The van der Waals surface area contributed by atoms with Crippen LogP contribution in [-0.2, 0) is 9.31 Å². The van der Waals surface area contributed by atoms with Crippen molar-refractivity contribution in [3.05, 3.63) is 34.0 Å². The molecule has 1 saturated heterocycles. The summed E-state index contributed by atoms with van der Waals surface area (Å²) in [5.41, 5.74) is -0.597. The predicted octanol–water partition coefficient (Wildman–Crippen LogP) is 3.19. The summed E-state index contributed by atoms with van der Waals surface area (Å²) in [5.74, 6) is -1.36. The topological polar surface area (TPSA) is 58.9 Å². The number of phenolic OH excluding ortho intramolecular Hbond substituents is 1. The smallest absolute Gasteiger partial charge is 0.492 e. The molecule has 1 fully saturated rings. The minimum atomic E-state index is -0.829. The number of halogens is 2. The van der Waals surface area contributed by atoms with E-state index in [4.69, 9.17) is 20.9 Å². The number of phenols is 1. The zero-order chi connectivity index (χ0) is 16.7. The average molecular weight is 329 g/mol. The van der Waals surface area contributed by atoms with Gasteiger partial charge in [0.25, 0.3) is 0 Å². The van der Waals surface area contributed by atoms with Crippen molar-refractivity contribution in [2.75, 3.05) is 6.61 Å². The van der Waals surface area contributed by atoms with Gasteiger partial charge in [-0.2, -0.15) is 0 Å². The molecule has 1 aliphatic rings. The van der Waals surface area contributed by atoms with E-state index in [0.717, 1.165) is 6.07 Å². The van der Waals surface area contributed by atoms with Crippen molar-refractivity contribution in [2.45, 2.75) is 38.9 Å². The van der Waals surface area contributed by atoms with Crippen molar-refractivity contribution >= 4 is 24.8 Å². The molecule has 0 atom stereocenters. The van der Waals surface area contributed by atoms with Gasteiger partial charge in [-0.1, -0.05) is 17.7 Å². The highest BCUT2D eigenvalue weighted by molar-refractivity contribution is 6.55. The maximum Gasteiger partial charge on any atom is 0.492 e. The van der Waals surface area contributed by atoms with Crippen molar-refractivity contribution in [1.82, 2.24) is 0 Å². The first-order valence-electron chi connectivity index (χ1n) is 6.92. The molecule has 1 aromatic rings. The van der Waals surface area contributed by atoms with E-state index in [2.05, 4.69) is 0 Å². The molecule has 1 aliphatic heterocycles. The molecule has 1 heterocycles. The van der Waals surface area contributed by atoms with Gasteiger partial charge in [0, 0.05) is 10.6 Å². The second-order valence-corrected chi connectivity index (χ2v) is 6.73. The first kappa shape index (κ1) is 17.3. The summed E-state index contributed by atoms with van der Waals surface area (Å²) >= 11 is 5.79. The second-order valence-electron chi connectivity index (χ2n) is 6.29. The number of aliphatic hydroxyl groups is 1. The van der Waals surface area contributed by atoms with E-state index in [1.807, 2.05) is 27.7 Å². The van der Waals surface area contributed by atoms with E-state index < -0.39 is 29.9 Å². The van der Waals surface area contributed by atoms with Gasteiger partial charge < -0.3 is 19.5 Å². The molecule has 0 saturated carbocycles. The van der Waals surface area contributed by atoms with Crippen LogP contribution in [0.4, 0.5) is 4.39 Å². The monoisotopic (exact) mass is 328 g/mol. The lowest BCUT2D eigenvalue weighted by Crippen LogP contribution is -2.41. The van der Waals surface area contributed by atoms with Crippen LogP contribution in [0.25, 0.3) is 6.08 Å². The molecule has 0 aliphatic carbocycles. The molecule has 120 valence electrons. The SMILES string of the molecule is CC1(C)OB(C(=Cc2cc(Cl)cc(F)c2O)CO)OC1(C)C. The average Bonchev–Trinajstić information content (AvgIpc) is 2.60. The van der Waals surface area contributed by atoms with E-state index in [9.17, 15) is 14.6 Å². The molecule has 0 unspecified atom stereocenters. The molecule has 22 heavy (non-hydrogen) atoms. The lowest BCUT2D eigenvalue weighted by molar-refractivity contribution is 0.00578. The van der Waals surface area contributed by atoms with Gasteiger partial charge in [0.1, 0.15) is 0 Å². The first-order chi connectivity index (χ1) is 10.1. The molecule has 0 spiro atoms. The fraction of sp³-hybridized carbons (Fsp3) is 0.467. The molecule has 0 amide bonds. The highest BCUT2D eigenvalue weighted by atomic mass is 35.5. The van der Waals surface area contributed by atoms with Gasteiger partial charge in [0.15, 0.2) is 11.6 Å². The van der Waals surface area contributed by atoms with Gasteiger partial charge in [0.2, 0.25) is 0 Å². The van der Waals surface area contributed by atoms with Crippen molar-refractivity contribution in [3.8, 4) is 5.75 Å². The zero-order valence-electron chi connectivity index (χ0n) is 13.0. The number of rotatable bonds is 3. The summed E-state index contributed by atoms with van der Waals surface area (Å²) in [5, 5.41) is 19.5. The quantitative estimate of drug-likeness (QED) is 0.837. The van der Waals surface area contributed by atoms with Crippen LogP contribution in [0.15, 0.2) is 17.6 Å². The van der Waals surface area contributed by atoms with E-state index in [-0.39, 0.29) is 17.2 Å². The minimum absolute atomic E-state index is 0.146. The summed E-state index contributed by atoms with van der Waals surface area (Å²) in [4.78, 5) is 0. The minimum Gasteiger partial charge on any atom is -0.504 e. The summed E-state index contributed by atoms with van der Waals surface area (Å²) in [6, 6.07) is 2.42. The van der Waals surface area contributed by atoms with E-state index in [1.165, 1.54) is 12.1 Å². The Balaban J connectivity index is 2.38. The Kier molecular flexibility index (Phi) is 4.60. The Morgan fingerprint density at radius 3 is 2.32 bits per heavy atom. The summed E-state index contributed by atoms with van der Waals surface area (Å²) in [7, 11) is -0.781. The maximum atomic E-state index is 13.5. The Morgan fingerprint density at radius 1 is 1.27 bits per heavy atom. The molecular formula is C15H19BClFO4. The van der Waals surface area contributed by atoms with Crippen LogP contribution in [0.3, 0.4) is 0 Å². The van der Waals surface area contributed by atoms with Crippen molar-refractivity contribution < 1.29 is 23.9 Å². The number of hydrogen-bond donors (Lipinski definition) is 2. The third kappa shape index (κ3) is 3.15. The van der Waals surface area contributed by atoms with Crippen LogP contribution in [0.2, 0.25) is 5.02 Å². The Hall–Kier alpha value is -1.08. The zero-order valence-corrected chi connectivity index (χ0v) is 13.7. The van der Waals surface area contributed by atoms with Crippen LogP contribution in [0, 0.1) is 5.82 Å². The standard InChI is InChI=1S/C15H19BClFO4/c1-14(2)15(3,4)22-16(21-14)10(8-19)5-9-6-11(17)7-12(18)13(9)20/h5-7,19-20H,8H2,1-4H3. The third-order valence-corrected chi connectivity index (χ3v) is 4.36. The van der Waals surface area contributed by atoms with Gasteiger partial charge in [-0.25, -0.2) is 4.39 Å². The van der Waals surface area contributed by atoms with Gasteiger partial charge >= 0.3 is 7.12 Å². The van der Waals surface area contributed by atoms with Gasteiger partial charge in [-0.3, -0.25) is 0 Å². The highest BCUT2D eigenvalue weighted by Gasteiger charge is 2.52. The molecule has 1 aromatic carbocycles. The number of benzene rings is 1. The molecule has 4 nitrogen and oxygen atoms in total. The Morgan fingerprint density at radius 2 is 1.82 bits per heavy atom. The lowest BCUT2D eigenvalue weighted by Gasteiger charge is -2.32. The molecule has 2 N–H and O–H groups in total. The van der Waals surface area contributed by atoms with Crippen LogP contribution in [0.5, 0.6) is 5.75 Å². The maximum absolute atomic E-state index is 13.5. The van der Waals surface area contributed by atoms with Crippen LogP contribution in [0.1, 0.15) is 33.3 Å². The van der Waals surface area contributed by atoms with Crippen LogP contribution in [-0.4, -0.2) is 35.1 Å². The Labute approximate surface area is 134 Å². The molecule has 2 rings (SSSR count). The predicted molar refractivity (Wildman–Crippen MR) is 84.2 cm³/mol. The molecule has 0 aromatic heterocycles. The highest BCUT2D eigenvalue weighted by Crippen LogP contribution is 2.39. The van der Waals surface area contributed by atoms with E-state index in [1.54, 1.807) is 0 Å². The third-order valence-electron chi connectivity index (χ3n) is 4.14. The van der Waals surface area contributed by atoms with Crippen molar-refractivity contribution in [3.63, 3.8) is 0 Å². The number of hydrogen-bond acceptors (Lipinski definition) is 4. The molecule has 0 radical (unpaired) electrons. The molecule has 0 bridgehead atoms. The summed E-state index contributed by atoms with van der Waals surface area (Å²) in [6.45, 7) is 7.19. The fourth-order valence-corrected chi connectivity index (χ4v) is 2.29. The fourth-order valence-electron chi connectivity index (χ4n) is 2.08. The van der Waals surface area contributed by atoms with Gasteiger partial charge in [-0.05, 0) is 45.3 Å². The molecule has 7 heteroatoms. The summed E-state index contributed by atoms with van der Waals surface area (Å²) < 4.78 is 25.2. The van der Waals surface area contributed by atoms with Crippen LogP contribution >= 0.6 is 11.6 Å². The van der Waals surface area contributed by atoms with Crippen LogP contribution < -0.4 is 0 Å². The van der Waals surface area contributed by atoms with Gasteiger partial charge in [0.05, 0.1) is 17.8 Å². The number of aliphatic hydroxyl groups excluding tert-OH is 1. The van der Waals surface area contributed by atoms with Crippen molar-refractivity contribution in [2.24, 2.45) is 0 Å². The lowest BCUT2D eigenvalue weighted by atomic mass is 9.77. The normalized spacial score (nSPS) is 20.5. The first-order valence-corrected chi connectivity index (χ1v) is 7.30.